The van der Waals surface area contributed by atoms with Gasteiger partial charge in [-0.15, -0.1) is 0 Å². The molecule has 0 spiro atoms. The summed E-state index contributed by atoms with van der Waals surface area (Å²) in [6.07, 6.45) is 10.5. The molecule has 160 valence electrons. The summed E-state index contributed by atoms with van der Waals surface area (Å²) in [5.74, 6) is -0.308. The molecule has 0 amide bonds. The van der Waals surface area contributed by atoms with E-state index in [1.165, 1.54) is 44.2 Å². The van der Waals surface area contributed by atoms with Gasteiger partial charge in [0.25, 0.3) is 0 Å². The minimum Gasteiger partial charge on any atom is -0.508 e. The Morgan fingerprint density at radius 2 is 1.46 bits per heavy atom. The van der Waals surface area contributed by atoms with Gasteiger partial charge in [-0.25, -0.2) is 4.79 Å². The van der Waals surface area contributed by atoms with E-state index in [9.17, 15) is 9.90 Å². The van der Waals surface area contributed by atoms with Crippen molar-refractivity contribution in [3.63, 3.8) is 0 Å². The van der Waals surface area contributed by atoms with E-state index >= 15 is 0 Å². The Labute approximate surface area is 170 Å². The first-order chi connectivity index (χ1) is 13.7. The van der Waals surface area contributed by atoms with E-state index in [4.69, 9.17) is 14.2 Å². The van der Waals surface area contributed by atoms with Crippen LogP contribution in [0.15, 0.2) is 24.3 Å². The first-order valence-corrected chi connectivity index (χ1v) is 10.9. The molecular formula is C23H38O5. The third kappa shape index (κ3) is 12.0. The summed E-state index contributed by atoms with van der Waals surface area (Å²) in [6.45, 7) is 6.41. The minimum absolute atomic E-state index is 0.122. The quantitative estimate of drug-likeness (QED) is 0.204. The number of hydrogen-bond acceptors (Lipinski definition) is 5. The second-order valence-electron chi connectivity index (χ2n) is 7.13. The lowest BCUT2D eigenvalue weighted by atomic mass is 10.1. The fraction of sp³-hybridized carbons (Fsp3) is 0.696. The molecule has 0 aliphatic carbocycles. The van der Waals surface area contributed by atoms with Crippen molar-refractivity contribution in [1.29, 1.82) is 0 Å². The number of benzene rings is 1. The highest BCUT2D eigenvalue weighted by Gasteiger charge is 2.15. The first-order valence-electron chi connectivity index (χ1n) is 10.9. The second kappa shape index (κ2) is 16.4. The van der Waals surface area contributed by atoms with Gasteiger partial charge in [0, 0.05) is 19.6 Å². The number of rotatable bonds is 17. The Balaban J connectivity index is 2.08. The monoisotopic (exact) mass is 394 g/mol. The first kappa shape index (κ1) is 24.4. The molecule has 1 aromatic carbocycles. The van der Waals surface area contributed by atoms with Gasteiger partial charge in [0.2, 0.25) is 6.29 Å². The van der Waals surface area contributed by atoms with Crippen LogP contribution in [0.2, 0.25) is 0 Å². The van der Waals surface area contributed by atoms with Crippen LogP contribution in [0.4, 0.5) is 0 Å². The number of phenolic OH excluding ortho intramolecular Hbond substituents is 1. The summed E-state index contributed by atoms with van der Waals surface area (Å²) in [5.41, 5.74) is 0.408. The number of aromatic hydroxyl groups is 1. The molecule has 0 aromatic heterocycles. The van der Waals surface area contributed by atoms with Crippen molar-refractivity contribution in [3.8, 4) is 5.75 Å². The molecule has 28 heavy (non-hydrogen) atoms. The number of unbranched alkanes of at least 4 members (excludes halogenated alkanes) is 6. The highest BCUT2D eigenvalue weighted by atomic mass is 16.7. The van der Waals surface area contributed by atoms with Crippen LogP contribution in [0.5, 0.6) is 5.75 Å². The van der Waals surface area contributed by atoms with Crippen LogP contribution in [-0.2, 0) is 14.2 Å². The third-order valence-electron chi connectivity index (χ3n) is 4.49. The smallest absolute Gasteiger partial charge is 0.340 e. The maximum Gasteiger partial charge on any atom is 0.340 e. The van der Waals surface area contributed by atoms with Crippen molar-refractivity contribution >= 4 is 5.97 Å². The largest absolute Gasteiger partial charge is 0.508 e. The lowest BCUT2D eigenvalue weighted by Gasteiger charge is -2.18. The number of carbonyl (C=O) groups excluding carboxylic acids is 1. The number of carbonyl (C=O) groups is 1. The Morgan fingerprint density at radius 3 is 2.14 bits per heavy atom. The molecule has 0 aliphatic heterocycles. The lowest BCUT2D eigenvalue weighted by molar-refractivity contribution is -0.115. The normalized spacial score (nSPS) is 12.1. The molecule has 0 heterocycles. The van der Waals surface area contributed by atoms with Crippen LogP contribution in [-0.4, -0.2) is 37.2 Å². The molecule has 1 aromatic rings. The fourth-order valence-electron chi connectivity index (χ4n) is 2.80. The van der Waals surface area contributed by atoms with E-state index in [1.54, 1.807) is 12.1 Å². The molecule has 0 bridgehead atoms. The highest BCUT2D eigenvalue weighted by molar-refractivity contribution is 5.89. The van der Waals surface area contributed by atoms with Crippen LogP contribution in [0, 0.1) is 0 Å². The Morgan fingerprint density at radius 1 is 0.857 bits per heavy atom. The molecule has 0 saturated heterocycles. The van der Waals surface area contributed by atoms with Gasteiger partial charge in [0.1, 0.15) is 5.75 Å². The van der Waals surface area contributed by atoms with E-state index in [-0.39, 0.29) is 5.75 Å². The van der Waals surface area contributed by atoms with E-state index in [0.717, 1.165) is 38.9 Å². The average Bonchev–Trinajstić information content (AvgIpc) is 2.69. The lowest BCUT2D eigenvalue weighted by Crippen LogP contribution is -2.22. The third-order valence-corrected chi connectivity index (χ3v) is 4.49. The maximum absolute atomic E-state index is 12.2. The molecule has 0 fully saturated rings. The van der Waals surface area contributed by atoms with Crippen molar-refractivity contribution < 1.29 is 24.1 Å². The molecule has 1 N–H and O–H groups in total. The topological polar surface area (TPSA) is 65.0 Å². The standard InChI is InChI=1S/C23H38O5/c1-3-5-6-7-8-9-17-26-18-10-11-19-27-22(12-4-2)28-23(25)20-13-15-21(24)16-14-20/h13-16,22,24H,3-12,17-19H2,1-2H3. The predicted octanol–water partition coefficient (Wildman–Crippen LogP) is 5.85. The summed E-state index contributed by atoms with van der Waals surface area (Å²) < 4.78 is 16.8. The molecule has 0 aliphatic rings. The Hall–Kier alpha value is -1.59. The zero-order chi connectivity index (χ0) is 20.5. The fourth-order valence-corrected chi connectivity index (χ4v) is 2.80. The summed E-state index contributed by atoms with van der Waals surface area (Å²) in [7, 11) is 0. The summed E-state index contributed by atoms with van der Waals surface area (Å²) in [5, 5.41) is 9.30. The highest BCUT2D eigenvalue weighted by Crippen LogP contribution is 2.14. The van der Waals surface area contributed by atoms with Gasteiger partial charge < -0.3 is 19.3 Å². The van der Waals surface area contributed by atoms with Crippen molar-refractivity contribution in [1.82, 2.24) is 0 Å². The number of hydrogen-bond donors (Lipinski definition) is 1. The minimum atomic E-state index is -0.532. The van der Waals surface area contributed by atoms with Crippen molar-refractivity contribution in [2.24, 2.45) is 0 Å². The maximum atomic E-state index is 12.2. The molecule has 1 atom stereocenters. The van der Waals surface area contributed by atoms with Gasteiger partial charge in [-0.1, -0.05) is 52.4 Å². The van der Waals surface area contributed by atoms with Crippen LogP contribution in [0.1, 0.15) is 88.4 Å². The van der Waals surface area contributed by atoms with Crippen molar-refractivity contribution in [3.05, 3.63) is 29.8 Å². The molecule has 0 radical (unpaired) electrons. The van der Waals surface area contributed by atoms with Gasteiger partial charge in [0.15, 0.2) is 0 Å². The van der Waals surface area contributed by atoms with E-state index < -0.39 is 12.3 Å². The van der Waals surface area contributed by atoms with Gasteiger partial charge in [-0.05, 0) is 43.5 Å². The van der Waals surface area contributed by atoms with E-state index in [2.05, 4.69) is 6.92 Å². The van der Waals surface area contributed by atoms with Crippen LogP contribution < -0.4 is 0 Å². The van der Waals surface area contributed by atoms with Gasteiger partial charge in [0.05, 0.1) is 12.2 Å². The Kier molecular flexibility index (Phi) is 14.3. The van der Waals surface area contributed by atoms with Crippen molar-refractivity contribution in [2.45, 2.75) is 84.3 Å². The van der Waals surface area contributed by atoms with Crippen LogP contribution >= 0.6 is 0 Å². The second-order valence-corrected chi connectivity index (χ2v) is 7.13. The molecule has 5 nitrogen and oxygen atoms in total. The van der Waals surface area contributed by atoms with Gasteiger partial charge >= 0.3 is 5.97 Å². The molecular weight excluding hydrogens is 356 g/mol. The number of ether oxygens (including phenoxy) is 3. The zero-order valence-corrected chi connectivity index (χ0v) is 17.7. The summed E-state index contributed by atoms with van der Waals surface area (Å²) >= 11 is 0. The van der Waals surface area contributed by atoms with Gasteiger partial charge in [-0.2, -0.15) is 0 Å². The van der Waals surface area contributed by atoms with Crippen LogP contribution in [0.25, 0.3) is 0 Å². The molecule has 0 saturated carbocycles. The Bertz CT molecular complexity index is 500. The predicted molar refractivity (Wildman–Crippen MR) is 112 cm³/mol. The number of esters is 1. The summed E-state index contributed by atoms with van der Waals surface area (Å²) in [6, 6.07) is 6.03. The molecule has 5 heteroatoms. The zero-order valence-electron chi connectivity index (χ0n) is 17.7. The van der Waals surface area contributed by atoms with Crippen LogP contribution in [0.3, 0.4) is 0 Å². The molecule has 1 unspecified atom stereocenters. The van der Waals surface area contributed by atoms with E-state index in [1.807, 2.05) is 6.92 Å². The average molecular weight is 395 g/mol. The number of phenols is 1. The van der Waals surface area contributed by atoms with Crippen molar-refractivity contribution in [2.75, 3.05) is 19.8 Å². The van der Waals surface area contributed by atoms with Gasteiger partial charge in [-0.3, -0.25) is 0 Å². The molecule has 1 rings (SSSR count). The van der Waals surface area contributed by atoms with E-state index in [0.29, 0.717) is 18.6 Å². The SMILES string of the molecule is CCCCCCCCOCCCCOC(CCC)OC(=O)c1ccc(O)cc1. The summed E-state index contributed by atoms with van der Waals surface area (Å²) in [4.78, 5) is 12.2.